The van der Waals surface area contributed by atoms with E-state index in [4.69, 9.17) is 0 Å². The molecule has 2 aromatic heterocycles. The number of carbonyl (C=O) groups excluding carboxylic acids is 1. The lowest BCUT2D eigenvalue weighted by molar-refractivity contribution is 0.194. The Morgan fingerprint density at radius 3 is 2.70 bits per heavy atom. The standard InChI is InChI=1S/C16H20N6O/c1-21(15-6-4-10-18-20-15)13-7-11-22(12-8-13)16(23)19-14-5-2-3-9-17-14/h2-6,9-10,13H,7-8,11-12H2,1H3,(H,17,19,23). The summed E-state index contributed by atoms with van der Waals surface area (Å²) in [7, 11) is 2.03. The average molecular weight is 312 g/mol. The first-order valence-electron chi connectivity index (χ1n) is 7.71. The Morgan fingerprint density at radius 2 is 2.04 bits per heavy atom. The Kier molecular flexibility index (Phi) is 4.65. The summed E-state index contributed by atoms with van der Waals surface area (Å²) in [5, 5.41) is 10.9. The number of urea groups is 1. The zero-order valence-corrected chi connectivity index (χ0v) is 13.1. The molecule has 1 aliphatic heterocycles. The molecule has 7 nitrogen and oxygen atoms in total. The van der Waals surface area contributed by atoms with E-state index < -0.39 is 0 Å². The molecule has 1 saturated heterocycles. The normalized spacial score (nSPS) is 15.3. The number of amides is 2. The molecular weight excluding hydrogens is 292 g/mol. The van der Waals surface area contributed by atoms with Crippen LogP contribution in [0.25, 0.3) is 0 Å². The van der Waals surface area contributed by atoms with Crippen LogP contribution in [0.3, 0.4) is 0 Å². The van der Waals surface area contributed by atoms with Gasteiger partial charge in [0, 0.05) is 38.6 Å². The fourth-order valence-electron chi connectivity index (χ4n) is 2.75. The van der Waals surface area contributed by atoms with Crippen LogP contribution in [-0.2, 0) is 0 Å². The Bertz CT molecular complexity index is 628. The number of likely N-dealkylation sites (tertiary alicyclic amines) is 1. The second kappa shape index (κ2) is 7.04. The fourth-order valence-corrected chi connectivity index (χ4v) is 2.75. The van der Waals surface area contributed by atoms with Crippen molar-refractivity contribution in [2.24, 2.45) is 0 Å². The third-order valence-corrected chi connectivity index (χ3v) is 4.12. The van der Waals surface area contributed by atoms with Gasteiger partial charge in [0.05, 0.1) is 0 Å². The average Bonchev–Trinajstić information content (AvgIpc) is 2.63. The predicted molar refractivity (Wildman–Crippen MR) is 88.3 cm³/mol. The molecule has 0 aliphatic carbocycles. The maximum atomic E-state index is 12.3. The van der Waals surface area contributed by atoms with Gasteiger partial charge in [0.2, 0.25) is 0 Å². The second-order valence-corrected chi connectivity index (χ2v) is 5.56. The zero-order chi connectivity index (χ0) is 16.1. The lowest BCUT2D eigenvalue weighted by Gasteiger charge is -2.36. The fraction of sp³-hybridized carbons (Fsp3) is 0.375. The van der Waals surface area contributed by atoms with Crippen LogP contribution in [0.15, 0.2) is 42.7 Å². The van der Waals surface area contributed by atoms with Crippen molar-refractivity contribution >= 4 is 17.7 Å². The maximum Gasteiger partial charge on any atom is 0.323 e. The van der Waals surface area contributed by atoms with Gasteiger partial charge in [-0.1, -0.05) is 6.07 Å². The molecule has 2 amide bonds. The summed E-state index contributed by atoms with van der Waals surface area (Å²) in [5.74, 6) is 1.44. The van der Waals surface area contributed by atoms with Gasteiger partial charge in [-0.05, 0) is 37.1 Å². The van der Waals surface area contributed by atoms with Crippen LogP contribution in [0.4, 0.5) is 16.4 Å². The van der Waals surface area contributed by atoms with Crippen molar-refractivity contribution in [3.8, 4) is 0 Å². The molecule has 0 saturated carbocycles. The molecule has 0 atom stereocenters. The Balaban J connectivity index is 1.53. The smallest absolute Gasteiger partial charge is 0.323 e. The van der Waals surface area contributed by atoms with Crippen LogP contribution in [0.5, 0.6) is 0 Å². The SMILES string of the molecule is CN(c1cccnn1)C1CCN(C(=O)Nc2ccccn2)CC1. The predicted octanol–water partition coefficient (Wildman–Crippen LogP) is 2.00. The van der Waals surface area contributed by atoms with E-state index in [1.165, 1.54) is 0 Å². The van der Waals surface area contributed by atoms with Gasteiger partial charge in [0.25, 0.3) is 0 Å². The van der Waals surface area contributed by atoms with Gasteiger partial charge in [-0.15, -0.1) is 5.10 Å². The topological polar surface area (TPSA) is 74.2 Å². The van der Waals surface area contributed by atoms with Gasteiger partial charge in [0.1, 0.15) is 5.82 Å². The van der Waals surface area contributed by atoms with Crippen LogP contribution >= 0.6 is 0 Å². The van der Waals surface area contributed by atoms with Crippen molar-refractivity contribution in [1.82, 2.24) is 20.1 Å². The van der Waals surface area contributed by atoms with Gasteiger partial charge >= 0.3 is 6.03 Å². The highest BCUT2D eigenvalue weighted by molar-refractivity contribution is 5.88. The van der Waals surface area contributed by atoms with E-state index in [2.05, 4.69) is 25.4 Å². The first-order valence-corrected chi connectivity index (χ1v) is 7.71. The molecule has 1 fully saturated rings. The van der Waals surface area contributed by atoms with E-state index >= 15 is 0 Å². The van der Waals surface area contributed by atoms with Crippen molar-refractivity contribution in [2.45, 2.75) is 18.9 Å². The number of aromatic nitrogens is 3. The van der Waals surface area contributed by atoms with Crippen molar-refractivity contribution in [2.75, 3.05) is 30.4 Å². The molecule has 7 heteroatoms. The van der Waals surface area contributed by atoms with Gasteiger partial charge in [-0.25, -0.2) is 9.78 Å². The number of nitrogens with zero attached hydrogens (tertiary/aromatic N) is 5. The van der Waals surface area contributed by atoms with Crippen LogP contribution in [0.1, 0.15) is 12.8 Å². The molecule has 0 bridgehead atoms. The minimum absolute atomic E-state index is 0.0932. The van der Waals surface area contributed by atoms with E-state index in [0.29, 0.717) is 24.9 Å². The van der Waals surface area contributed by atoms with Gasteiger partial charge in [0.15, 0.2) is 5.82 Å². The quantitative estimate of drug-likeness (QED) is 0.938. The van der Waals surface area contributed by atoms with Gasteiger partial charge in [-0.3, -0.25) is 5.32 Å². The third-order valence-electron chi connectivity index (χ3n) is 4.12. The highest BCUT2D eigenvalue weighted by Gasteiger charge is 2.26. The van der Waals surface area contributed by atoms with Crippen molar-refractivity contribution < 1.29 is 4.79 Å². The van der Waals surface area contributed by atoms with E-state index in [0.717, 1.165) is 18.7 Å². The molecule has 3 rings (SSSR count). The van der Waals surface area contributed by atoms with Crippen LogP contribution in [0.2, 0.25) is 0 Å². The molecule has 1 N–H and O–H groups in total. The first kappa shape index (κ1) is 15.2. The molecule has 3 heterocycles. The molecule has 0 spiro atoms. The van der Waals surface area contributed by atoms with Gasteiger partial charge < -0.3 is 9.80 Å². The van der Waals surface area contributed by atoms with E-state index in [1.807, 2.05) is 36.2 Å². The first-order chi connectivity index (χ1) is 11.2. The summed E-state index contributed by atoms with van der Waals surface area (Å²) in [4.78, 5) is 20.3. The largest absolute Gasteiger partial charge is 0.355 e. The lowest BCUT2D eigenvalue weighted by Crippen LogP contribution is -2.47. The Hall–Kier alpha value is -2.70. The number of piperidine rings is 1. The number of pyridine rings is 1. The van der Waals surface area contributed by atoms with E-state index in [9.17, 15) is 4.79 Å². The summed E-state index contributed by atoms with van der Waals surface area (Å²) < 4.78 is 0. The summed E-state index contributed by atoms with van der Waals surface area (Å²) in [6, 6.07) is 9.57. The number of carbonyl (C=O) groups is 1. The summed E-state index contributed by atoms with van der Waals surface area (Å²) in [6.07, 6.45) is 5.14. The minimum Gasteiger partial charge on any atom is -0.355 e. The number of rotatable bonds is 3. The highest BCUT2D eigenvalue weighted by atomic mass is 16.2. The number of hydrogen-bond acceptors (Lipinski definition) is 5. The number of hydrogen-bond donors (Lipinski definition) is 1. The Morgan fingerprint density at radius 1 is 1.22 bits per heavy atom. The summed E-state index contributed by atoms with van der Waals surface area (Å²) in [5.41, 5.74) is 0. The summed E-state index contributed by atoms with van der Waals surface area (Å²) >= 11 is 0. The molecule has 23 heavy (non-hydrogen) atoms. The van der Waals surface area contributed by atoms with E-state index in [1.54, 1.807) is 18.5 Å². The van der Waals surface area contributed by atoms with E-state index in [-0.39, 0.29) is 6.03 Å². The number of anilines is 2. The number of nitrogens with one attached hydrogen (secondary N) is 1. The molecule has 1 aliphatic rings. The molecule has 0 radical (unpaired) electrons. The second-order valence-electron chi connectivity index (χ2n) is 5.56. The lowest BCUT2D eigenvalue weighted by atomic mass is 10.0. The molecule has 0 aromatic carbocycles. The highest BCUT2D eigenvalue weighted by Crippen LogP contribution is 2.20. The van der Waals surface area contributed by atoms with Crippen molar-refractivity contribution in [3.05, 3.63) is 42.7 Å². The Labute approximate surface area is 135 Å². The van der Waals surface area contributed by atoms with Crippen molar-refractivity contribution in [3.63, 3.8) is 0 Å². The minimum atomic E-state index is -0.0932. The van der Waals surface area contributed by atoms with Crippen molar-refractivity contribution in [1.29, 1.82) is 0 Å². The molecule has 120 valence electrons. The maximum absolute atomic E-state index is 12.3. The molecule has 2 aromatic rings. The van der Waals surface area contributed by atoms with Crippen LogP contribution < -0.4 is 10.2 Å². The summed E-state index contributed by atoms with van der Waals surface area (Å²) in [6.45, 7) is 1.43. The monoisotopic (exact) mass is 312 g/mol. The molecule has 0 unspecified atom stereocenters. The van der Waals surface area contributed by atoms with Crippen LogP contribution in [0, 0.1) is 0 Å². The van der Waals surface area contributed by atoms with Gasteiger partial charge in [-0.2, -0.15) is 5.10 Å². The third kappa shape index (κ3) is 3.74. The molecular formula is C16H20N6O. The van der Waals surface area contributed by atoms with Crippen LogP contribution in [-0.4, -0.2) is 52.3 Å². The zero-order valence-electron chi connectivity index (χ0n) is 13.1.